The maximum absolute atomic E-state index is 12.4. The highest BCUT2D eigenvalue weighted by Gasteiger charge is 2.13. The van der Waals surface area contributed by atoms with E-state index in [0.717, 1.165) is 21.9 Å². The van der Waals surface area contributed by atoms with Crippen molar-refractivity contribution >= 4 is 28.6 Å². The number of rotatable bonds is 7. The van der Waals surface area contributed by atoms with Gasteiger partial charge >= 0.3 is 0 Å². The number of ketones is 1. The topological polar surface area (TPSA) is 44.1 Å². The quantitative estimate of drug-likeness (QED) is 0.368. The summed E-state index contributed by atoms with van der Waals surface area (Å²) in [7, 11) is 1.61. The van der Waals surface area contributed by atoms with Crippen LogP contribution in [0.2, 0.25) is 0 Å². The minimum Gasteiger partial charge on any atom is -0.497 e. The summed E-state index contributed by atoms with van der Waals surface area (Å²) in [6.45, 7) is 4.47. The highest BCUT2D eigenvalue weighted by molar-refractivity contribution is 7.99. The van der Waals surface area contributed by atoms with Crippen LogP contribution in [0.4, 0.5) is 0 Å². The largest absolute Gasteiger partial charge is 0.497 e. The van der Waals surface area contributed by atoms with Crippen LogP contribution in [0.3, 0.4) is 0 Å². The van der Waals surface area contributed by atoms with E-state index in [1.54, 1.807) is 31.4 Å². The lowest BCUT2D eigenvalue weighted by atomic mass is 10.1. The fourth-order valence-corrected chi connectivity index (χ4v) is 3.38. The van der Waals surface area contributed by atoms with Crippen molar-refractivity contribution in [1.29, 1.82) is 0 Å². The molecular weight excluding hydrogens is 320 g/mol. The van der Waals surface area contributed by atoms with Crippen LogP contribution < -0.4 is 4.74 Å². The molecule has 0 amide bonds. The van der Waals surface area contributed by atoms with E-state index in [0.29, 0.717) is 17.9 Å². The number of hydrogen-bond acceptors (Lipinski definition) is 4. The van der Waals surface area contributed by atoms with Gasteiger partial charge in [0.2, 0.25) is 0 Å². The number of benzene rings is 2. The average Bonchev–Trinajstić information content (AvgIpc) is 2.98. The average molecular weight is 338 g/mol. The smallest absolute Gasteiger partial charge is 0.173 e. The van der Waals surface area contributed by atoms with Gasteiger partial charge in [-0.15, -0.1) is 6.58 Å². The lowest BCUT2D eigenvalue weighted by Gasteiger charge is -2.06. The van der Waals surface area contributed by atoms with Crippen LogP contribution in [-0.2, 0) is 6.54 Å². The minimum absolute atomic E-state index is 0.0693. The van der Waals surface area contributed by atoms with E-state index in [1.807, 2.05) is 30.3 Å². The number of nitrogens with zero attached hydrogens (tertiary/aromatic N) is 2. The number of imidazole rings is 1. The van der Waals surface area contributed by atoms with Crippen molar-refractivity contribution < 1.29 is 9.53 Å². The molecule has 0 aliphatic carbocycles. The lowest BCUT2D eigenvalue weighted by molar-refractivity contribution is 0.102. The van der Waals surface area contributed by atoms with E-state index in [4.69, 9.17) is 4.74 Å². The minimum atomic E-state index is 0.0693. The second kappa shape index (κ2) is 7.36. The molecule has 0 aliphatic rings. The summed E-state index contributed by atoms with van der Waals surface area (Å²) in [6, 6.07) is 15.1. The van der Waals surface area contributed by atoms with Crippen LogP contribution in [0.25, 0.3) is 11.0 Å². The molecule has 0 unspecified atom stereocenters. The Kier molecular flexibility index (Phi) is 5.01. The summed E-state index contributed by atoms with van der Waals surface area (Å²) in [5, 5.41) is 0.831. The number of aromatic nitrogens is 2. The van der Waals surface area contributed by atoms with Crippen molar-refractivity contribution in [3.8, 4) is 5.75 Å². The Morgan fingerprint density at radius 3 is 2.71 bits per heavy atom. The van der Waals surface area contributed by atoms with Crippen LogP contribution in [0.1, 0.15) is 10.4 Å². The Morgan fingerprint density at radius 2 is 2.00 bits per heavy atom. The molecule has 4 nitrogen and oxygen atoms in total. The first-order chi connectivity index (χ1) is 11.7. The predicted octanol–water partition coefficient (Wildman–Crippen LogP) is 4.21. The van der Waals surface area contributed by atoms with Crippen LogP contribution >= 0.6 is 11.8 Å². The summed E-state index contributed by atoms with van der Waals surface area (Å²) < 4.78 is 7.19. The van der Waals surface area contributed by atoms with Gasteiger partial charge < -0.3 is 9.30 Å². The third-order valence-corrected chi connectivity index (χ3v) is 4.65. The number of carbonyl (C=O) groups excluding carboxylic acids is 1. The fourth-order valence-electron chi connectivity index (χ4n) is 2.46. The number of allylic oxidation sites excluding steroid dienone is 1. The van der Waals surface area contributed by atoms with Crippen molar-refractivity contribution in [1.82, 2.24) is 9.55 Å². The number of ether oxygens (including phenoxy) is 1. The first-order valence-corrected chi connectivity index (χ1v) is 8.57. The molecule has 0 fully saturated rings. The molecule has 0 saturated carbocycles. The summed E-state index contributed by atoms with van der Waals surface area (Å²) in [5.74, 6) is 1.15. The SMILES string of the molecule is C=CCn1c(SCC(=O)c2ccc(OC)cc2)nc2ccccc21. The van der Waals surface area contributed by atoms with Crippen molar-refractivity contribution in [2.75, 3.05) is 12.9 Å². The molecule has 3 rings (SSSR count). The number of fused-ring (bicyclic) bond motifs is 1. The van der Waals surface area contributed by atoms with E-state index in [2.05, 4.69) is 16.1 Å². The molecule has 0 bridgehead atoms. The van der Waals surface area contributed by atoms with Gasteiger partial charge in [0, 0.05) is 12.1 Å². The third kappa shape index (κ3) is 3.36. The van der Waals surface area contributed by atoms with Gasteiger partial charge in [0.05, 0.1) is 23.9 Å². The third-order valence-electron chi connectivity index (χ3n) is 3.68. The van der Waals surface area contributed by atoms with Crippen molar-refractivity contribution in [2.45, 2.75) is 11.7 Å². The molecule has 1 heterocycles. The van der Waals surface area contributed by atoms with Gasteiger partial charge in [-0.25, -0.2) is 4.98 Å². The van der Waals surface area contributed by atoms with Gasteiger partial charge in [0.15, 0.2) is 10.9 Å². The number of carbonyl (C=O) groups is 1. The number of thioether (sulfide) groups is 1. The van der Waals surface area contributed by atoms with Gasteiger partial charge in [0.25, 0.3) is 0 Å². The van der Waals surface area contributed by atoms with Crippen LogP contribution in [0, 0.1) is 0 Å². The highest BCUT2D eigenvalue weighted by Crippen LogP contribution is 2.25. The van der Waals surface area contributed by atoms with E-state index < -0.39 is 0 Å². The zero-order valence-electron chi connectivity index (χ0n) is 13.4. The highest BCUT2D eigenvalue weighted by atomic mass is 32.2. The molecule has 0 N–H and O–H groups in total. The van der Waals surface area contributed by atoms with E-state index >= 15 is 0 Å². The predicted molar refractivity (Wildman–Crippen MR) is 98.0 cm³/mol. The number of para-hydroxylation sites is 2. The Bertz CT molecular complexity index is 869. The van der Waals surface area contributed by atoms with Gasteiger partial charge in [-0.3, -0.25) is 4.79 Å². The molecule has 122 valence electrons. The van der Waals surface area contributed by atoms with Crippen molar-refractivity contribution in [2.24, 2.45) is 0 Å². The normalized spacial score (nSPS) is 10.7. The molecule has 1 aromatic heterocycles. The molecule has 24 heavy (non-hydrogen) atoms. The van der Waals surface area contributed by atoms with E-state index in [1.165, 1.54) is 11.8 Å². The maximum atomic E-state index is 12.4. The number of Topliss-reactive ketones (excluding diaryl/α,β-unsaturated/α-hetero) is 1. The molecule has 0 saturated heterocycles. The molecule has 0 radical (unpaired) electrons. The van der Waals surface area contributed by atoms with Gasteiger partial charge in [-0.2, -0.15) is 0 Å². The summed E-state index contributed by atoms with van der Waals surface area (Å²) in [6.07, 6.45) is 1.84. The van der Waals surface area contributed by atoms with Gasteiger partial charge in [-0.1, -0.05) is 30.0 Å². The summed E-state index contributed by atoms with van der Waals surface area (Å²) in [4.78, 5) is 17.0. The Morgan fingerprint density at radius 1 is 1.25 bits per heavy atom. The van der Waals surface area contributed by atoms with Crippen LogP contribution in [0.15, 0.2) is 66.3 Å². The molecule has 5 heteroatoms. The first kappa shape index (κ1) is 16.3. The Hall–Kier alpha value is -2.53. The van der Waals surface area contributed by atoms with E-state index in [-0.39, 0.29) is 5.78 Å². The molecule has 0 spiro atoms. The first-order valence-electron chi connectivity index (χ1n) is 7.59. The molecule has 3 aromatic rings. The Balaban J connectivity index is 1.78. The van der Waals surface area contributed by atoms with Gasteiger partial charge in [0.1, 0.15) is 5.75 Å². The standard InChI is InChI=1S/C19H18N2O2S/c1-3-12-21-17-7-5-4-6-16(17)20-19(21)24-13-18(22)14-8-10-15(23-2)11-9-14/h3-11H,1,12-13H2,2H3. The van der Waals surface area contributed by atoms with Crippen molar-refractivity contribution in [3.63, 3.8) is 0 Å². The van der Waals surface area contributed by atoms with Crippen LogP contribution in [0.5, 0.6) is 5.75 Å². The summed E-state index contributed by atoms with van der Waals surface area (Å²) in [5.41, 5.74) is 2.66. The molecule has 2 aromatic carbocycles. The lowest BCUT2D eigenvalue weighted by Crippen LogP contribution is -2.04. The van der Waals surface area contributed by atoms with Crippen LogP contribution in [-0.4, -0.2) is 28.2 Å². The van der Waals surface area contributed by atoms with E-state index in [9.17, 15) is 4.79 Å². The molecule has 0 aliphatic heterocycles. The Labute approximate surface area is 145 Å². The van der Waals surface area contributed by atoms with Gasteiger partial charge in [-0.05, 0) is 36.4 Å². The monoisotopic (exact) mass is 338 g/mol. The fraction of sp³-hybridized carbons (Fsp3) is 0.158. The molecular formula is C19H18N2O2S. The maximum Gasteiger partial charge on any atom is 0.173 e. The summed E-state index contributed by atoms with van der Waals surface area (Å²) >= 11 is 1.45. The number of methoxy groups -OCH3 is 1. The van der Waals surface area contributed by atoms with Crippen molar-refractivity contribution in [3.05, 3.63) is 66.7 Å². The zero-order valence-corrected chi connectivity index (χ0v) is 14.3. The number of hydrogen-bond donors (Lipinski definition) is 0. The molecule has 0 atom stereocenters. The zero-order chi connectivity index (χ0) is 16.9. The second-order valence-corrected chi connectivity index (χ2v) is 6.17. The second-order valence-electron chi connectivity index (χ2n) is 5.22.